The van der Waals surface area contributed by atoms with E-state index in [0.717, 1.165) is 17.1 Å². The molecule has 0 spiro atoms. The number of nitrogens with zero attached hydrogens (tertiary/aromatic N) is 1. The van der Waals surface area contributed by atoms with Crippen LogP contribution in [-0.2, 0) is 0 Å². The lowest BCUT2D eigenvalue weighted by atomic mass is 9.86. The number of hydrogen-bond acceptors (Lipinski definition) is 1. The Morgan fingerprint density at radius 1 is 1.36 bits per heavy atom. The minimum absolute atomic E-state index is 0. The lowest BCUT2D eigenvalue weighted by Crippen LogP contribution is -3.00. The van der Waals surface area contributed by atoms with Gasteiger partial charge in [-0.05, 0) is 12.5 Å². The number of likely N-dealkylation sites (N-methyl/N-ethyl adjacent to an activating group) is 1. The Balaban J connectivity index is 0.000000605. The molecule has 0 aromatic heterocycles. The first-order valence-electron chi connectivity index (χ1n) is 4.00. The third-order valence-electron chi connectivity index (χ3n) is 2.82. The van der Waals surface area contributed by atoms with E-state index in [-0.39, 0.29) is 12.4 Å². The second kappa shape index (κ2) is 2.77. The molecule has 0 aromatic rings. The molecule has 0 amide bonds. The average Bonchev–Trinajstić information content (AvgIpc) is 1.87. The van der Waals surface area contributed by atoms with Crippen molar-refractivity contribution in [2.24, 2.45) is 11.8 Å². The van der Waals surface area contributed by atoms with Crippen LogP contribution in [0.25, 0.3) is 0 Å². The monoisotopic (exact) mass is 174 g/mol. The van der Waals surface area contributed by atoms with Crippen molar-refractivity contribution >= 4 is 0 Å². The smallest absolute Gasteiger partial charge is 0.125 e. The first-order valence-corrected chi connectivity index (χ1v) is 4.00. The molecule has 2 bridgehead atoms. The van der Waals surface area contributed by atoms with E-state index in [2.05, 4.69) is 19.2 Å². The van der Waals surface area contributed by atoms with Crippen molar-refractivity contribution in [3.63, 3.8) is 0 Å². The van der Waals surface area contributed by atoms with E-state index in [9.17, 15) is 0 Å². The van der Waals surface area contributed by atoms with Crippen LogP contribution in [0.5, 0.6) is 0 Å². The summed E-state index contributed by atoms with van der Waals surface area (Å²) in [6, 6.07) is 0.602. The van der Waals surface area contributed by atoms with Gasteiger partial charge in [0.25, 0.3) is 0 Å². The van der Waals surface area contributed by atoms with E-state index in [0.29, 0.717) is 6.04 Å². The third kappa shape index (κ3) is 1.43. The lowest BCUT2D eigenvalue weighted by molar-refractivity contribution is -0.947. The number of halogens is 1. The summed E-state index contributed by atoms with van der Waals surface area (Å²) in [5.74, 6) is 6.81. The molecule has 11 heavy (non-hydrogen) atoms. The highest BCUT2D eigenvalue weighted by Gasteiger charge is 2.38. The second-order valence-electron chi connectivity index (χ2n) is 3.82. The highest BCUT2D eigenvalue weighted by molar-refractivity contribution is 5.02. The van der Waals surface area contributed by atoms with E-state index < -0.39 is 0 Å². The van der Waals surface area contributed by atoms with E-state index in [1.807, 2.05) is 0 Å². The highest BCUT2D eigenvalue weighted by Crippen LogP contribution is 2.30. The van der Waals surface area contributed by atoms with Gasteiger partial charge in [-0.25, -0.2) is 4.59 Å². The zero-order valence-electron chi connectivity index (χ0n) is 6.83. The van der Waals surface area contributed by atoms with Gasteiger partial charge in [-0.1, -0.05) is 6.08 Å². The van der Waals surface area contributed by atoms with Crippen molar-refractivity contribution in [2.75, 3.05) is 13.6 Å². The number of nitrogens with two attached hydrogens (primary N) is 1. The third-order valence-corrected chi connectivity index (χ3v) is 2.82. The quantitative estimate of drug-likeness (QED) is 0.249. The number of piperidine rings is 1. The largest absolute Gasteiger partial charge is 1.00 e. The number of hydrogen-bond donors (Lipinski definition) is 1. The molecule has 1 saturated heterocycles. The Morgan fingerprint density at radius 2 is 2.09 bits per heavy atom. The Labute approximate surface area is 74.0 Å². The summed E-state index contributed by atoms with van der Waals surface area (Å²) >= 11 is 0. The maximum atomic E-state index is 6.05. The molecule has 64 valence electrons. The van der Waals surface area contributed by atoms with Crippen LogP contribution in [0, 0.1) is 5.92 Å². The molecule has 1 aliphatic carbocycles. The predicted molar refractivity (Wildman–Crippen MR) is 40.9 cm³/mol. The first kappa shape index (κ1) is 9.04. The molecule has 3 aliphatic rings. The Morgan fingerprint density at radius 3 is 2.27 bits per heavy atom. The van der Waals surface area contributed by atoms with Crippen LogP contribution in [-0.4, -0.2) is 24.2 Å². The molecule has 0 aromatic carbocycles. The fourth-order valence-electron chi connectivity index (χ4n) is 2.15. The van der Waals surface area contributed by atoms with Crippen LogP contribution in [0.1, 0.15) is 12.8 Å². The molecule has 3 rings (SSSR count). The SMILES string of the molecule is C[N+]1(N)CC2C=CC1CC2.[Cl-]. The maximum absolute atomic E-state index is 6.05. The summed E-state index contributed by atoms with van der Waals surface area (Å²) in [6.07, 6.45) is 7.26. The molecule has 1 fully saturated rings. The topological polar surface area (TPSA) is 26.0 Å². The van der Waals surface area contributed by atoms with Gasteiger partial charge in [0.2, 0.25) is 0 Å². The molecule has 3 atom stereocenters. The number of rotatable bonds is 0. The molecule has 0 radical (unpaired) electrons. The van der Waals surface area contributed by atoms with Crippen LogP contribution < -0.4 is 18.2 Å². The van der Waals surface area contributed by atoms with Crippen molar-refractivity contribution in [3.8, 4) is 0 Å². The summed E-state index contributed by atoms with van der Waals surface area (Å²) in [5.41, 5.74) is 0. The van der Waals surface area contributed by atoms with Gasteiger partial charge in [0.15, 0.2) is 0 Å². The van der Waals surface area contributed by atoms with Crippen LogP contribution in [0.15, 0.2) is 12.2 Å². The molecule has 2 N–H and O–H groups in total. The Bertz CT molecular complexity index is 177. The molecular formula is C8H15ClN2. The summed E-state index contributed by atoms with van der Waals surface area (Å²) in [4.78, 5) is 0. The molecular weight excluding hydrogens is 160 g/mol. The maximum Gasteiger partial charge on any atom is 0.125 e. The molecule has 0 saturated carbocycles. The summed E-state index contributed by atoms with van der Waals surface area (Å²) in [6.45, 7) is 1.14. The molecule has 3 heteroatoms. The molecule has 2 nitrogen and oxygen atoms in total. The Hall–Kier alpha value is -0.0500. The van der Waals surface area contributed by atoms with Gasteiger partial charge >= 0.3 is 0 Å². The standard InChI is InChI=1S/C8H15N2.ClH/c1-10(9)6-7-2-4-8(10)5-3-7;/h2,4,7-8H,3,5-6,9H2,1H3;1H/q+1;/p-1. The van der Waals surface area contributed by atoms with Crippen LogP contribution in [0.3, 0.4) is 0 Å². The lowest BCUT2D eigenvalue weighted by Gasteiger charge is -2.44. The van der Waals surface area contributed by atoms with Crippen LogP contribution in [0.2, 0.25) is 0 Å². The van der Waals surface area contributed by atoms with E-state index in [1.165, 1.54) is 12.8 Å². The van der Waals surface area contributed by atoms with Crippen molar-refractivity contribution in [1.29, 1.82) is 0 Å². The predicted octanol–water partition coefficient (Wildman–Crippen LogP) is -2.34. The minimum Gasteiger partial charge on any atom is -1.00 e. The molecule has 2 aliphatic heterocycles. The highest BCUT2D eigenvalue weighted by atomic mass is 35.5. The summed E-state index contributed by atoms with van der Waals surface area (Å²) in [7, 11) is 2.13. The molecule has 3 unspecified atom stereocenters. The zero-order valence-corrected chi connectivity index (χ0v) is 7.59. The van der Waals surface area contributed by atoms with Crippen molar-refractivity contribution in [3.05, 3.63) is 12.2 Å². The zero-order chi connectivity index (χ0) is 7.19. The Kier molecular flexibility index (Phi) is 2.28. The van der Waals surface area contributed by atoms with Gasteiger partial charge in [0.1, 0.15) is 12.6 Å². The minimum atomic E-state index is 0. The van der Waals surface area contributed by atoms with Crippen molar-refractivity contribution in [1.82, 2.24) is 0 Å². The average molecular weight is 175 g/mol. The summed E-state index contributed by atoms with van der Waals surface area (Å²) < 4.78 is 0.723. The normalized spacial score (nSPS) is 47.1. The van der Waals surface area contributed by atoms with Crippen molar-refractivity contribution in [2.45, 2.75) is 18.9 Å². The summed E-state index contributed by atoms with van der Waals surface area (Å²) in [5, 5.41) is 0. The first-order chi connectivity index (χ1) is 4.68. The van der Waals surface area contributed by atoms with Gasteiger partial charge in [-0.15, -0.1) is 0 Å². The van der Waals surface area contributed by atoms with Crippen molar-refractivity contribution < 1.29 is 17.0 Å². The molecule has 2 heterocycles. The van der Waals surface area contributed by atoms with Gasteiger partial charge < -0.3 is 12.4 Å². The number of quaternary nitrogens is 1. The van der Waals surface area contributed by atoms with E-state index in [4.69, 9.17) is 5.84 Å². The van der Waals surface area contributed by atoms with E-state index in [1.54, 1.807) is 0 Å². The number of fused-ring (bicyclic) bond motifs is 2. The van der Waals surface area contributed by atoms with Crippen LogP contribution in [0.4, 0.5) is 0 Å². The second-order valence-corrected chi connectivity index (χ2v) is 3.82. The van der Waals surface area contributed by atoms with Crippen LogP contribution >= 0.6 is 0 Å². The van der Waals surface area contributed by atoms with Gasteiger partial charge in [-0.3, -0.25) is 0 Å². The van der Waals surface area contributed by atoms with E-state index >= 15 is 0 Å². The fraction of sp³-hybridized carbons (Fsp3) is 0.750. The van der Waals surface area contributed by atoms with Gasteiger partial charge in [0, 0.05) is 12.3 Å². The van der Waals surface area contributed by atoms with Gasteiger partial charge in [-0.2, -0.15) is 5.84 Å². The fourth-order valence-corrected chi connectivity index (χ4v) is 2.15. The van der Waals surface area contributed by atoms with Gasteiger partial charge in [0.05, 0.1) is 7.05 Å².